The van der Waals surface area contributed by atoms with E-state index in [-0.39, 0.29) is 17.9 Å². The number of piperazine rings is 1. The van der Waals surface area contributed by atoms with Crippen LogP contribution < -0.4 is 4.74 Å². The zero-order valence-electron chi connectivity index (χ0n) is 17.2. The zero-order chi connectivity index (χ0) is 20.8. The van der Waals surface area contributed by atoms with Gasteiger partial charge in [0.25, 0.3) is 5.91 Å². The summed E-state index contributed by atoms with van der Waals surface area (Å²) in [6.07, 6.45) is 4.10. The fourth-order valence-corrected chi connectivity index (χ4v) is 4.19. The Morgan fingerprint density at radius 2 is 1.77 bits per heavy atom. The lowest BCUT2D eigenvalue weighted by Gasteiger charge is -2.40. The molecule has 1 unspecified atom stereocenters. The Kier molecular flexibility index (Phi) is 6.69. The topological polar surface area (TPSA) is 66.2 Å². The third-order valence-corrected chi connectivity index (χ3v) is 5.88. The van der Waals surface area contributed by atoms with Crippen molar-refractivity contribution in [1.29, 1.82) is 0 Å². The van der Waals surface area contributed by atoms with Crippen LogP contribution in [0.3, 0.4) is 0 Å². The molecule has 3 heterocycles. The summed E-state index contributed by atoms with van der Waals surface area (Å²) in [6, 6.07) is 12.8. The largest absolute Gasteiger partial charge is 0.492 e. The Bertz CT molecular complexity index is 816. The van der Waals surface area contributed by atoms with E-state index < -0.39 is 0 Å². The third kappa shape index (κ3) is 4.84. The summed E-state index contributed by atoms with van der Waals surface area (Å²) in [5.74, 6) is 1.06. The van der Waals surface area contributed by atoms with E-state index in [4.69, 9.17) is 9.15 Å². The number of piperidine rings is 1. The number of para-hydroxylation sites is 1. The minimum atomic E-state index is -0.385. The van der Waals surface area contributed by atoms with Crippen molar-refractivity contribution in [1.82, 2.24) is 14.7 Å². The summed E-state index contributed by atoms with van der Waals surface area (Å²) < 4.78 is 11.0. The maximum Gasteiger partial charge on any atom is 0.290 e. The van der Waals surface area contributed by atoms with E-state index >= 15 is 0 Å². The van der Waals surface area contributed by atoms with Gasteiger partial charge < -0.3 is 19.0 Å². The number of carbonyl (C=O) groups excluding carboxylic acids is 2. The molecule has 0 spiro atoms. The highest BCUT2D eigenvalue weighted by atomic mass is 16.5. The molecule has 30 heavy (non-hydrogen) atoms. The minimum Gasteiger partial charge on any atom is -0.492 e. The van der Waals surface area contributed by atoms with Gasteiger partial charge in [-0.2, -0.15) is 0 Å². The molecule has 0 saturated carbocycles. The average Bonchev–Trinajstić information content (AvgIpc) is 3.34. The lowest BCUT2D eigenvalue weighted by Crippen LogP contribution is -2.57. The molecule has 2 aliphatic rings. The molecule has 7 heteroatoms. The molecule has 1 aromatic heterocycles. The first-order valence-electron chi connectivity index (χ1n) is 10.8. The normalized spacial score (nSPS) is 20.2. The minimum absolute atomic E-state index is 0.0646. The number of likely N-dealkylation sites (tertiary alicyclic amines) is 1. The number of amides is 2. The summed E-state index contributed by atoms with van der Waals surface area (Å²) >= 11 is 0. The molecule has 7 nitrogen and oxygen atoms in total. The van der Waals surface area contributed by atoms with E-state index in [1.807, 2.05) is 35.2 Å². The number of hydrogen-bond donors (Lipinski definition) is 0. The first-order chi connectivity index (χ1) is 14.7. The smallest absolute Gasteiger partial charge is 0.290 e. The first-order valence-corrected chi connectivity index (χ1v) is 10.8. The van der Waals surface area contributed by atoms with Gasteiger partial charge in [-0.15, -0.1) is 0 Å². The standard InChI is InChI=1S/C23H29N3O4/c27-22(20-9-4-5-11-26(20)23(28)21-10-6-17-30-21)25-14-12-24(13-15-25)16-18-29-19-7-2-1-3-8-19/h1-3,6-8,10,17,20H,4-5,9,11-16,18H2. The van der Waals surface area contributed by atoms with Crippen molar-refractivity contribution in [2.45, 2.75) is 25.3 Å². The Labute approximate surface area is 177 Å². The molecule has 0 N–H and O–H groups in total. The highest BCUT2D eigenvalue weighted by molar-refractivity contribution is 5.95. The monoisotopic (exact) mass is 411 g/mol. The molecule has 1 aromatic carbocycles. The van der Waals surface area contributed by atoms with Gasteiger partial charge in [-0.3, -0.25) is 14.5 Å². The summed E-state index contributed by atoms with van der Waals surface area (Å²) in [7, 11) is 0. The van der Waals surface area contributed by atoms with Gasteiger partial charge in [0.1, 0.15) is 18.4 Å². The van der Waals surface area contributed by atoms with Gasteiger partial charge in [0.15, 0.2) is 5.76 Å². The second-order valence-electron chi connectivity index (χ2n) is 7.82. The van der Waals surface area contributed by atoms with E-state index in [1.54, 1.807) is 17.0 Å². The molecule has 2 amide bonds. The molecule has 4 rings (SSSR count). The van der Waals surface area contributed by atoms with Gasteiger partial charge in [-0.25, -0.2) is 0 Å². The van der Waals surface area contributed by atoms with Gasteiger partial charge in [0.2, 0.25) is 5.91 Å². The fraction of sp³-hybridized carbons (Fsp3) is 0.478. The zero-order valence-corrected chi connectivity index (χ0v) is 17.2. The molecule has 0 bridgehead atoms. The van der Waals surface area contributed by atoms with Crippen molar-refractivity contribution < 1.29 is 18.7 Å². The van der Waals surface area contributed by atoms with Crippen LogP contribution in [0.5, 0.6) is 5.75 Å². The quantitative estimate of drug-likeness (QED) is 0.731. The molecule has 2 fully saturated rings. The van der Waals surface area contributed by atoms with E-state index in [0.717, 1.165) is 44.6 Å². The molecule has 0 aliphatic carbocycles. The average molecular weight is 412 g/mol. The van der Waals surface area contributed by atoms with Crippen molar-refractivity contribution in [2.24, 2.45) is 0 Å². The van der Waals surface area contributed by atoms with Crippen LogP contribution in [0.4, 0.5) is 0 Å². The second-order valence-corrected chi connectivity index (χ2v) is 7.82. The van der Waals surface area contributed by atoms with Crippen molar-refractivity contribution in [3.63, 3.8) is 0 Å². The molecule has 2 aliphatic heterocycles. The Morgan fingerprint density at radius 1 is 0.967 bits per heavy atom. The molecule has 2 aromatic rings. The number of ether oxygens (including phenoxy) is 1. The van der Waals surface area contributed by atoms with Crippen molar-refractivity contribution in [2.75, 3.05) is 45.9 Å². The van der Waals surface area contributed by atoms with Crippen LogP contribution in [-0.4, -0.2) is 78.4 Å². The third-order valence-electron chi connectivity index (χ3n) is 5.88. The lowest BCUT2D eigenvalue weighted by atomic mass is 10.00. The molecule has 160 valence electrons. The van der Waals surface area contributed by atoms with E-state index in [9.17, 15) is 9.59 Å². The Balaban J connectivity index is 1.27. The lowest BCUT2D eigenvalue weighted by molar-refractivity contribution is -0.139. The van der Waals surface area contributed by atoms with Gasteiger partial charge in [-0.1, -0.05) is 18.2 Å². The Morgan fingerprint density at radius 3 is 2.50 bits per heavy atom. The van der Waals surface area contributed by atoms with E-state index in [1.165, 1.54) is 6.26 Å². The van der Waals surface area contributed by atoms with Gasteiger partial charge in [0.05, 0.1) is 6.26 Å². The summed E-state index contributed by atoms with van der Waals surface area (Å²) in [5, 5.41) is 0. The number of benzene rings is 1. The van der Waals surface area contributed by atoms with Crippen LogP contribution >= 0.6 is 0 Å². The van der Waals surface area contributed by atoms with Crippen LogP contribution in [0.2, 0.25) is 0 Å². The highest BCUT2D eigenvalue weighted by Gasteiger charge is 2.36. The van der Waals surface area contributed by atoms with Crippen LogP contribution in [-0.2, 0) is 4.79 Å². The molecule has 2 saturated heterocycles. The summed E-state index contributed by atoms with van der Waals surface area (Å²) in [6.45, 7) is 5.08. The van der Waals surface area contributed by atoms with Crippen LogP contribution in [0.25, 0.3) is 0 Å². The van der Waals surface area contributed by atoms with Crippen molar-refractivity contribution in [3.05, 3.63) is 54.5 Å². The van der Waals surface area contributed by atoms with Gasteiger partial charge >= 0.3 is 0 Å². The van der Waals surface area contributed by atoms with Crippen LogP contribution in [0.15, 0.2) is 53.1 Å². The van der Waals surface area contributed by atoms with Crippen molar-refractivity contribution in [3.8, 4) is 5.75 Å². The maximum atomic E-state index is 13.2. The summed E-state index contributed by atoms with van der Waals surface area (Å²) in [5.41, 5.74) is 0. The predicted molar refractivity (Wildman–Crippen MR) is 112 cm³/mol. The second kappa shape index (κ2) is 9.80. The number of carbonyl (C=O) groups is 2. The molecule has 1 atom stereocenters. The first kappa shape index (κ1) is 20.5. The van der Waals surface area contributed by atoms with Gasteiger partial charge in [-0.05, 0) is 43.5 Å². The molecular weight excluding hydrogens is 382 g/mol. The fourth-order valence-electron chi connectivity index (χ4n) is 4.19. The predicted octanol–water partition coefficient (Wildman–Crippen LogP) is 2.50. The highest BCUT2D eigenvalue weighted by Crippen LogP contribution is 2.22. The SMILES string of the molecule is O=C(C1CCCCN1C(=O)c1ccco1)N1CCN(CCOc2ccccc2)CC1. The van der Waals surface area contributed by atoms with Gasteiger partial charge in [0, 0.05) is 39.3 Å². The van der Waals surface area contributed by atoms with Crippen LogP contribution in [0, 0.1) is 0 Å². The number of rotatable bonds is 6. The molecular formula is C23H29N3O4. The van der Waals surface area contributed by atoms with E-state index in [0.29, 0.717) is 32.0 Å². The van der Waals surface area contributed by atoms with Crippen molar-refractivity contribution >= 4 is 11.8 Å². The van der Waals surface area contributed by atoms with E-state index in [2.05, 4.69) is 4.90 Å². The number of nitrogens with zero attached hydrogens (tertiary/aromatic N) is 3. The Hall–Kier alpha value is -2.80. The molecule has 0 radical (unpaired) electrons. The summed E-state index contributed by atoms with van der Waals surface area (Å²) in [4.78, 5) is 31.9. The number of hydrogen-bond acceptors (Lipinski definition) is 5. The van der Waals surface area contributed by atoms with Crippen LogP contribution in [0.1, 0.15) is 29.8 Å². The maximum absolute atomic E-state index is 13.2. The number of furan rings is 1.